The van der Waals surface area contributed by atoms with E-state index in [0.717, 1.165) is 9.24 Å². The molecule has 0 radical (unpaired) electrons. The van der Waals surface area contributed by atoms with Gasteiger partial charge < -0.3 is 5.73 Å². The van der Waals surface area contributed by atoms with Crippen molar-refractivity contribution in [2.45, 2.75) is 9.24 Å². The molecule has 1 aromatic heterocycles. The first-order valence-corrected chi connectivity index (χ1v) is 5.82. The number of nitrogens with two attached hydrogens (primary N) is 1. The van der Waals surface area contributed by atoms with E-state index in [9.17, 15) is 0 Å². The molecule has 1 heterocycles. The van der Waals surface area contributed by atoms with Crippen LogP contribution in [-0.4, -0.2) is 4.98 Å². The number of nitrogens with zero attached hydrogens (tertiary/aromatic N) is 2. The van der Waals surface area contributed by atoms with E-state index in [4.69, 9.17) is 11.0 Å². The smallest absolute Gasteiger partial charge is 0.158 e. The second-order valence-electron chi connectivity index (χ2n) is 2.72. The van der Waals surface area contributed by atoms with E-state index in [0.29, 0.717) is 10.7 Å². The van der Waals surface area contributed by atoms with Gasteiger partial charge in [0.05, 0.1) is 0 Å². The number of hydrogen-bond acceptors (Lipinski definition) is 5. The Labute approximate surface area is 95.6 Å². The zero-order valence-electron chi connectivity index (χ0n) is 7.68. The highest BCUT2D eigenvalue weighted by atomic mass is 32.2. The molecule has 2 N–H and O–H groups in total. The number of hydrogen-bond donors (Lipinski definition) is 1. The lowest BCUT2D eigenvalue weighted by Gasteiger charge is -1.94. The monoisotopic (exact) mass is 233 g/mol. The Bertz CT molecular complexity index is 499. The Kier molecular flexibility index (Phi) is 2.90. The molecule has 2 rings (SSSR count). The van der Waals surface area contributed by atoms with Crippen LogP contribution in [0.3, 0.4) is 0 Å². The molecule has 0 aliphatic heterocycles. The predicted octanol–water partition coefficient (Wildman–Crippen LogP) is 2.75. The maximum absolute atomic E-state index is 8.73. The number of benzene rings is 1. The van der Waals surface area contributed by atoms with Gasteiger partial charge in [-0.3, -0.25) is 0 Å². The number of aromatic nitrogens is 1. The van der Waals surface area contributed by atoms with Gasteiger partial charge in [-0.15, -0.1) is 0 Å². The fraction of sp³-hybridized carbons (Fsp3) is 0. The van der Waals surface area contributed by atoms with Crippen molar-refractivity contribution in [3.8, 4) is 6.07 Å². The van der Waals surface area contributed by atoms with Crippen molar-refractivity contribution in [1.29, 1.82) is 5.26 Å². The molecule has 1 aromatic carbocycles. The third kappa shape index (κ3) is 2.29. The van der Waals surface area contributed by atoms with E-state index >= 15 is 0 Å². The lowest BCUT2D eigenvalue weighted by molar-refractivity contribution is 1.25. The quantitative estimate of drug-likeness (QED) is 0.866. The van der Waals surface area contributed by atoms with Crippen LogP contribution in [0.5, 0.6) is 0 Å². The summed E-state index contributed by atoms with van der Waals surface area (Å²) in [5.74, 6) is 0.320. The molecule has 0 unspecified atom stereocenters. The second-order valence-corrected chi connectivity index (χ2v) is 5.04. The molecule has 0 bridgehead atoms. The third-order valence-corrected chi connectivity index (χ3v) is 3.73. The van der Waals surface area contributed by atoms with Crippen LogP contribution in [0.25, 0.3) is 0 Å². The molecule has 2 aromatic rings. The first-order valence-electron chi connectivity index (χ1n) is 4.19. The van der Waals surface area contributed by atoms with Gasteiger partial charge in [-0.2, -0.15) is 5.26 Å². The SMILES string of the molecule is N#Cc1sc(Sc2ccccc2)nc1N. The first kappa shape index (κ1) is 10.0. The molecule has 74 valence electrons. The van der Waals surface area contributed by atoms with Crippen LogP contribution >= 0.6 is 23.1 Å². The molecular weight excluding hydrogens is 226 g/mol. The number of rotatable bonds is 2. The lowest BCUT2D eigenvalue weighted by atomic mass is 10.4. The highest BCUT2D eigenvalue weighted by Crippen LogP contribution is 2.33. The van der Waals surface area contributed by atoms with Crippen molar-refractivity contribution < 1.29 is 0 Å². The van der Waals surface area contributed by atoms with Crippen LogP contribution in [0.2, 0.25) is 0 Å². The van der Waals surface area contributed by atoms with Crippen molar-refractivity contribution in [3.63, 3.8) is 0 Å². The van der Waals surface area contributed by atoms with Gasteiger partial charge in [-0.1, -0.05) is 41.3 Å². The fourth-order valence-corrected chi connectivity index (χ4v) is 2.88. The van der Waals surface area contributed by atoms with E-state index < -0.39 is 0 Å². The average molecular weight is 233 g/mol. The van der Waals surface area contributed by atoms with Crippen molar-refractivity contribution in [2.75, 3.05) is 5.73 Å². The van der Waals surface area contributed by atoms with Gasteiger partial charge in [0.2, 0.25) is 0 Å². The predicted molar refractivity (Wildman–Crippen MR) is 61.8 cm³/mol. The van der Waals surface area contributed by atoms with Crippen LogP contribution in [-0.2, 0) is 0 Å². The zero-order chi connectivity index (χ0) is 10.7. The number of thiazole rings is 1. The zero-order valence-corrected chi connectivity index (χ0v) is 9.31. The summed E-state index contributed by atoms with van der Waals surface area (Å²) in [4.78, 5) is 5.69. The van der Waals surface area contributed by atoms with Gasteiger partial charge in [0.25, 0.3) is 0 Å². The summed E-state index contributed by atoms with van der Waals surface area (Å²) in [6.45, 7) is 0. The van der Waals surface area contributed by atoms with Crippen LogP contribution < -0.4 is 5.73 Å². The fourth-order valence-electron chi connectivity index (χ4n) is 1.02. The first-order chi connectivity index (χ1) is 7.29. The van der Waals surface area contributed by atoms with Crippen molar-refractivity contribution in [2.24, 2.45) is 0 Å². The Morgan fingerprint density at radius 3 is 2.67 bits per heavy atom. The van der Waals surface area contributed by atoms with Gasteiger partial charge in [-0.25, -0.2) is 4.98 Å². The Morgan fingerprint density at radius 1 is 1.33 bits per heavy atom. The number of nitriles is 1. The van der Waals surface area contributed by atoms with E-state index in [1.165, 1.54) is 23.1 Å². The van der Waals surface area contributed by atoms with Gasteiger partial charge in [-0.05, 0) is 12.1 Å². The Morgan fingerprint density at radius 2 is 2.07 bits per heavy atom. The largest absolute Gasteiger partial charge is 0.382 e. The molecule has 0 fully saturated rings. The molecule has 0 spiro atoms. The minimum absolute atomic E-state index is 0.320. The average Bonchev–Trinajstić information content (AvgIpc) is 2.60. The van der Waals surface area contributed by atoms with Crippen LogP contribution in [0.15, 0.2) is 39.6 Å². The summed E-state index contributed by atoms with van der Waals surface area (Å²) in [6, 6.07) is 11.9. The highest BCUT2D eigenvalue weighted by Gasteiger charge is 2.08. The molecule has 0 aliphatic rings. The maximum atomic E-state index is 8.73. The molecule has 5 heteroatoms. The summed E-state index contributed by atoms with van der Waals surface area (Å²) < 4.78 is 0.801. The maximum Gasteiger partial charge on any atom is 0.158 e. The van der Waals surface area contributed by atoms with Crippen LogP contribution in [0, 0.1) is 11.3 Å². The van der Waals surface area contributed by atoms with Crippen molar-refractivity contribution >= 4 is 28.9 Å². The summed E-state index contributed by atoms with van der Waals surface area (Å²) in [7, 11) is 0. The molecule has 0 aliphatic carbocycles. The lowest BCUT2D eigenvalue weighted by Crippen LogP contribution is -1.86. The number of nitrogen functional groups attached to an aromatic ring is 1. The van der Waals surface area contributed by atoms with Crippen molar-refractivity contribution in [3.05, 3.63) is 35.2 Å². The normalized spacial score (nSPS) is 9.80. The van der Waals surface area contributed by atoms with E-state index in [-0.39, 0.29) is 0 Å². The minimum atomic E-state index is 0.320. The summed E-state index contributed by atoms with van der Waals surface area (Å²) in [6.07, 6.45) is 0. The Hall–Kier alpha value is -1.51. The topological polar surface area (TPSA) is 62.7 Å². The molecule has 0 amide bonds. The van der Waals surface area contributed by atoms with E-state index in [1.807, 2.05) is 36.4 Å². The van der Waals surface area contributed by atoms with Gasteiger partial charge in [0.15, 0.2) is 10.2 Å². The van der Waals surface area contributed by atoms with Crippen LogP contribution in [0.1, 0.15) is 4.88 Å². The molecule has 3 nitrogen and oxygen atoms in total. The Balaban J connectivity index is 2.23. The summed E-state index contributed by atoms with van der Waals surface area (Å²) in [5, 5.41) is 8.73. The van der Waals surface area contributed by atoms with Crippen LogP contribution in [0.4, 0.5) is 5.82 Å². The summed E-state index contributed by atoms with van der Waals surface area (Å²) in [5.41, 5.74) is 5.57. The third-order valence-electron chi connectivity index (χ3n) is 1.68. The van der Waals surface area contributed by atoms with Gasteiger partial charge in [0.1, 0.15) is 10.9 Å². The second kappa shape index (κ2) is 4.34. The minimum Gasteiger partial charge on any atom is -0.382 e. The number of anilines is 1. The van der Waals surface area contributed by atoms with E-state index in [1.54, 1.807) is 0 Å². The molecule has 0 saturated carbocycles. The van der Waals surface area contributed by atoms with Gasteiger partial charge in [0, 0.05) is 4.90 Å². The molecule has 15 heavy (non-hydrogen) atoms. The summed E-state index contributed by atoms with van der Waals surface area (Å²) >= 11 is 2.83. The molecule has 0 atom stereocenters. The molecular formula is C10H7N3S2. The highest BCUT2D eigenvalue weighted by molar-refractivity contribution is 8.01. The van der Waals surface area contributed by atoms with E-state index in [2.05, 4.69) is 4.98 Å². The van der Waals surface area contributed by atoms with Crippen molar-refractivity contribution in [1.82, 2.24) is 4.98 Å². The van der Waals surface area contributed by atoms with Gasteiger partial charge >= 0.3 is 0 Å². The standard InChI is InChI=1S/C10H7N3S2/c11-6-8-9(12)13-10(15-8)14-7-4-2-1-3-5-7/h1-5H,12H2. The molecule has 0 saturated heterocycles.